The summed E-state index contributed by atoms with van der Waals surface area (Å²) < 4.78 is 25.1. The number of carbonyl (C=O) groups excluding carboxylic acids is 1. The third kappa shape index (κ3) is 4.06. The Hall–Kier alpha value is -1.91. The van der Waals surface area contributed by atoms with Gasteiger partial charge in [-0.05, 0) is 25.0 Å². The van der Waals surface area contributed by atoms with Crippen LogP contribution in [0.25, 0.3) is 0 Å². The minimum atomic E-state index is -3.44. The zero-order valence-corrected chi connectivity index (χ0v) is 13.3. The van der Waals surface area contributed by atoms with Gasteiger partial charge in [0.1, 0.15) is 6.07 Å². The molecule has 0 radical (unpaired) electrons. The number of carbonyl (C=O) groups is 1. The zero-order chi connectivity index (χ0) is 16.2. The van der Waals surface area contributed by atoms with Gasteiger partial charge in [0.2, 0.25) is 15.9 Å². The van der Waals surface area contributed by atoms with Crippen molar-refractivity contribution in [1.82, 2.24) is 4.31 Å². The van der Waals surface area contributed by atoms with Gasteiger partial charge in [-0.15, -0.1) is 0 Å². The van der Waals surface area contributed by atoms with Gasteiger partial charge in [-0.1, -0.05) is 25.0 Å². The minimum Gasteiger partial charge on any atom is -0.324 e. The molecule has 22 heavy (non-hydrogen) atoms. The van der Waals surface area contributed by atoms with Gasteiger partial charge in [-0.3, -0.25) is 4.79 Å². The van der Waals surface area contributed by atoms with E-state index >= 15 is 0 Å². The standard InChI is InChI=1S/C15H19N3O3S/c1-22(20,21)18(13-7-3-4-8-13)11-15(19)17-14-9-5-2-6-12(14)10-16/h2,5-6,9,13H,3-4,7-8,11H2,1H3,(H,17,19). The highest BCUT2D eigenvalue weighted by Crippen LogP contribution is 2.25. The van der Waals surface area contributed by atoms with Crippen molar-refractivity contribution < 1.29 is 13.2 Å². The van der Waals surface area contributed by atoms with E-state index in [4.69, 9.17) is 5.26 Å². The number of hydrogen-bond donors (Lipinski definition) is 1. The quantitative estimate of drug-likeness (QED) is 0.893. The number of rotatable bonds is 5. The van der Waals surface area contributed by atoms with Crippen LogP contribution in [0.4, 0.5) is 5.69 Å². The Labute approximate surface area is 130 Å². The van der Waals surface area contributed by atoms with Crippen molar-refractivity contribution in [3.63, 3.8) is 0 Å². The lowest BCUT2D eigenvalue weighted by Crippen LogP contribution is -2.43. The van der Waals surface area contributed by atoms with Crippen LogP contribution in [0.5, 0.6) is 0 Å². The highest BCUT2D eigenvalue weighted by atomic mass is 32.2. The van der Waals surface area contributed by atoms with Crippen LogP contribution < -0.4 is 5.32 Å². The minimum absolute atomic E-state index is 0.105. The first kappa shape index (κ1) is 16.5. The van der Waals surface area contributed by atoms with Gasteiger partial charge in [0.25, 0.3) is 0 Å². The highest BCUT2D eigenvalue weighted by Gasteiger charge is 2.30. The van der Waals surface area contributed by atoms with E-state index < -0.39 is 15.9 Å². The Balaban J connectivity index is 2.10. The van der Waals surface area contributed by atoms with Gasteiger partial charge in [0.15, 0.2) is 0 Å². The van der Waals surface area contributed by atoms with Gasteiger partial charge < -0.3 is 5.32 Å². The summed E-state index contributed by atoms with van der Waals surface area (Å²) in [4.78, 5) is 12.2. The summed E-state index contributed by atoms with van der Waals surface area (Å²) in [6.45, 7) is -0.219. The number of para-hydroxylation sites is 1. The zero-order valence-electron chi connectivity index (χ0n) is 12.4. The highest BCUT2D eigenvalue weighted by molar-refractivity contribution is 7.88. The van der Waals surface area contributed by atoms with Gasteiger partial charge in [-0.2, -0.15) is 9.57 Å². The molecule has 1 fully saturated rings. The van der Waals surface area contributed by atoms with Crippen LogP contribution in [0.3, 0.4) is 0 Å². The number of nitriles is 1. The van der Waals surface area contributed by atoms with E-state index in [9.17, 15) is 13.2 Å². The normalized spacial score (nSPS) is 15.7. The van der Waals surface area contributed by atoms with Crippen molar-refractivity contribution in [2.75, 3.05) is 18.1 Å². The van der Waals surface area contributed by atoms with Crippen LogP contribution in [-0.4, -0.2) is 37.5 Å². The Morgan fingerprint density at radius 3 is 2.59 bits per heavy atom. The van der Waals surface area contributed by atoms with Crippen LogP contribution >= 0.6 is 0 Å². The average molecular weight is 321 g/mol. The molecular formula is C15H19N3O3S. The molecular weight excluding hydrogens is 302 g/mol. The van der Waals surface area contributed by atoms with Crippen molar-refractivity contribution in [2.45, 2.75) is 31.7 Å². The molecule has 1 amide bonds. The molecule has 0 atom stereocenters. The lowest BCUT2D eigenvalue weighted by molar-refractivity contribution is -0.116. The molecule has 0 bridgehead atoms. The second-order valence-electron chi connectivity index (χ2n) is 5.45. The van der Waals surface area contributed by atoms with Crippen molar-refractivity contribution in [2.24, 2.45) is 0 Å². The summed E-state index contributed by atoms with van der Waals surface area (Å²) in [5, 5.41) is 11.6. The number of nitrogens with zero attached hydrogens (tertiary/aromatic N) is 2. The van der Waals surface area contributed by atoms with E-state index in [0.717, 1.165) is 31.9 Å². The molecule has 118 valence electrons. The molecule has 0 aliphatic heterocycles. The molecule has 1 aliphatic carbocycles. The molecule has 1 N–H and O–H groups in total. The topological polar surface area (TPSA) is 90.3 Å². The predicted molar refractivity (Wildman–Crippen MR) is 83.6 cm³/mol. The molecule has 0 aromatic heterocycles. The Morgan fingerprint density at radius 2 is 2.00 bits per heavy atom. The molecule has 0 saturated heterocycles. The largest absolute Gasteiger partial charge is 0.324 e. The first-order valence-electron chi connectivity index (χ1n) is 7.17. The van der Waals surface area contributed by atoms with Crippen LogP contribution in [0, 0.1) is 11.3 Å². The van der Waals surface area contributed by atoms with Gasteiger partial charge in [0.05, 0.1) is 24.1 Å². The number of nitrogens with one attached hydrogen (secondary N) is 1. The Bertz CT molecular complexity index is 688. The molecule has 0 heterocycles. The first-order valence-corrected chi connectivity index (χ1v) is 9.02. The maximum Gasteiger partial charge on any atom is 0.239 e. The smallest absolute Gasteiger partial charge is 0.239 e. The maximum absolute atomic E-state index is 12.2. The van der Waals surface area contributed by atoms with Crippen molar-refractivity contribution in [3.8, 4) is 6.07 Å². The summed E-state index contributed by atoms with van der Waals surface area (Å²) >= 11 is 0. The number of hydrogen-bond acceptors (Lipinski definition) is 4. The van der Waals surface area contributed by atoms with Crippen LogP contribution in [-0.2, 0) is 14.8 Å². The van der Waals surface area contributed by atoms with E-state index in [-0.39, 0.29) is 12.6 Å². The summed E-state index contributed by atoms with van der Waals surface area (Å²) in [5.41, 5.74) is 0.748. The third-order valence-electron chi connectivity index (χ3n) is 3.78. The van der Waals surface area contributed by atoms with Crippen molar-refractivity contribution in [1.29, 1.82) is 5.26 Å². The van der Waals surface area contributed by atoms with E-state index in [1.54, 1.807) is 24.3 Å². The second-order valence-corrected chi connectivity index (χ2v) is 7.39. The summed E-state index contributed by atoms with van der Waals surface area (Å²) in [6, 6.07) is 8.52. The molecule has 7 heteroatoms. The molecule has 1 aromatic rings. The summed E-state index contributed by atoms with van der Waals surface area (Å²) in [6.07, 6.45) is 4.66. The van der Waals surface area contributed by atoms with Gasteiger partial charge in [-0.25, -0.2) is 8.42 Å². The fraction of sp³-hybridized carbons (Fsp3) is 0.467. The summed E-state index contributed by atoms with van der Waals surface area (Å²) in [7, 11) is -3.44. The number of anilines is 1. The fourth-order valence-corrected chi connectivity index (χ4v) is 3.83. The van der Waals surface area contributed by atoms with Gasteiger partial charge in [0, 0.05) is 6.04 Å². The van der Waals surface area contributed by atoms with Gasteiger partial charge >= 0.3 is 0 Å². The molecule has 0 spiro atoms. The van der Waals surface area contributed by atoms with E-state index in [1.165, 1.54) is 4.31 Å². The first-order chi connectivity index (χ1) is 10.4. The van der Waals surface area contributed by atoms with E-state index in [2.05, 4.69) is 5.32 Å². The number of sulfonamides is 1. The average Bonchev–Trinajstić information content (AvgIpc) is 2.98. The van der Waals surface area contributed by atoms with E-state index in [0.29, 0.717) is 11.3 Å². The molecule has 6 nitrogen and oxygen atoms in total. The lowest BCUT2D eigenvalue weighted by atomic mass is 10.2. The lowest BCUT2D eigenvalue weighted by Gasteiger charge is -2.25. The second kappa shape index (κ2) is 6.90. The molecule has 2 rings (SSSR count). The van der Waals surface area contributed by atoms with Crippen LogP contribution in [0.15, 0.2) is 24.3 Å². The van der Waals surface area contributed by atoms with Crippen molar-refractivity contribution >= 4 is 21.6 Å². The van der Waals surface area contributed by atoms with E-state index in [1.807, 2.05) is 6.07 Å². The number of benzene rings is 1. The van der Waals surface area contributed by atoms with Crippen LogP contribution in [0.2, 0.25) is 0 Å². The Morgan fingerprint density at radius 1 is 1.36 bits per heavy atom. The number of amides is 1. The SMILES string of the molecule is CS(=O)(=O)N(CC(=O)Nc1ccccc1C#N)C1CCCC1. The fourth-order valence-electron chi connectivity index (χ4n) is 2.73. The third-order valence-corrected chi connectivity index (χ3v) is 5.06. The van der Waals surface area contributed by atoms with Crippen molar-refractivity contribution in [3.05, 3.63) is 29.8 Å². The summed E-state index contributed by atoms with van der Waals surface area (Å²) in [5.74, 6) is -0.431. The molecule has 1 aliphatic rings. The van der Waals surface area contributed by atoms with Crippen LogP contribution in [0.1, 0.15) is 31.2 Å². The molecule has 1 saturated carbocycles. The monoisotopic (exact) mass is 321 g/mol. The Kier molecular flexibility index (Phi) is 5.16. The molecule has 0 unspecified atom stereocenters. The molecule has 1 aromatic carbocycles. The maximum atomic E-state index is 12.2. The predicted octanol–water partition coefficient (Wildman–Crippen LogP) is 1.70.